The van der Waals surface area contributed by atoms with Crippen LogP contribution in [-0.4, -0.2) is 24.2 Å². The first-order chi connectivity index (χ1) is 11.1. The van der Waals surface area contributed by atoms with Crippen LogP contribution in [0.1, 0.15) is 0 Å². The third-order valence-electron chi connectivity index (χ3n) is 2.59. The molecule has 0 spiro atoms. The summed E-state index contributed by atoms with van der Waals surface area (Å²) in [5.41, 5.74) is 0.546. The van der Waals surface area contributed by atoms with Crippen molar-refractivity contribution < 1.29 is 9.53 Å². The van der Waals surface area contributed by atoms with Crippen molar-refractivity contribution in [2.45, 2.75) is 0 Å². The van der Waals surface area contributed by atoms with Crippen LogP contribution in [0.4, 0.5) is 10.5 Å². The van der Waals surface area contributed by atoms with Gasteiger partial charge in [-0.3, -0.25) is 4.98 Å². The van der Waals surface area contributed by atoms with Gasteiger partial charge in [-0.2, -0.15) is 0 Å². The molecule has 1 aromatic heterocycles. The number of amides is 2. The number of hydrogen-bond acceptors (Lipinski definition) is 3. The summed E-state index contributed by atoms with van der Waals surface area (Å²) >= 11 is 11.7. The number of carbonyl (C=O) groups is 1. The summed E-state index contributed by atoms with van der Waals surface area (Å²) in [6.07, 6.45) is 3.26. The lowest BCUT2D eigenvalue weighted by molar-refractivity contribution is 0.253. The molecule has 0 aliphatic carbocycles. The molecule has 0 bridgehead atoms. The van der Waals surface area contributed by atoms with E-state index < -0.39 is 0 Å². The largest absolute Gasteiger partial charge is 0.479 e. The second kappa shape index (κ2) is 8.89. The van der Waals surface area contributed by atoms with Gasteiger partial charge in [0.2, 0.25) is 0 Å². The molecule has 1 heterocycles. The standard InChI is InChI=1S/C16H13Cl2N3O2/c17-14-6-5-12(10-15(14)18)21-16(22)20-8-1-2-9-23-13-4-3-7-19-11-13/h3-7,10-11H,8-9H2,(H2,20,21,22). The predicted octanol–water partition coefficient (Wildman–Crippen LogP) is 3.59. The van der Waals surface area contributed by atoms with E-state index >= 15 is 0 Å². The fraction of sp³-hybridized carbons (Fsp3) is 0.125. The number of nitrogens with one attached hydrogen (secondary N) is 2. The fourth-order valence-electron chi connectivity index (χ4n) is 1.54. The summed E-state index contributed by atoms with van der Waals surface area (Å²) in [5, 5.41) is 6.02. The van der Waals surface area contributed by atoms with Crippen LogP contribution >= 0.6 is 23.2 Å². The number of ether oxygens (including phenoxy) is 1. The van der Waals surface area contributed by atoms with Crippen LogP contribution in [0.5, 0.6) is 5.75 Å². The lowest BCUT2D eigenvalue weighted by atomic mass is 10.3. The van der Waals surface area contributed by atoms with E-state index in [-0.39, 0.29) is 19.2 Å². The molecule has 118 valence electrons. The van der Waals surface area contributed by atoms with E-state index in [1.165, 1.54) is 0 Å². The fourth-order valence-corrected chi connectivity index (χ4v) is 1.84. The van der Waals surface area contributed by atoms with Crippen LogP contribution in [0.25, 0.3) is 0 Å². The zero-order chi connectivity index (χ0) is 16.5. The molecule has 7 heteroatoms. The molecule has 2 amide bonds. The van der Waals surface area contributed by atoms with Gasteiger partial charge in [0.05, 0.1) is 22.8 Å². The van der Waals surface area contributed by atoms with Crippen molar-refractivity contribution in [3.05, 3.63) is 52.8 Å². The van der Waals surface area contributed by atoms with Crippen molar-refractivity contribution in [2.75, 3.05) is 18.5 Å². The van der Waals surface area contributed by atoms with Crippen molar-refractivity contribution in [2.24, 2.45) is 0 Å². The number of benzene rings is 1. The number of aromatic nitrogens is 1. The number of anilines is 1. The topological polar surface area (TPSA) is 63.2 Å². The zero-order valence-electron chi connectivity index (χ0n) is 12.0. The number of hydrogen-bond donors (Lipinski definition) is 2. The number of halogens is 2. The molecular weight excluding hydrogens is 337 g/mol. The van der Waals surface area contributed by atoms with E-state index in [2.05, 4.69) is 27.5 Å². The highest BCUT2D eigenvalue weighted by Gasteiger charge is 2.02. The average Bonchev–Trinajstić information content (AvgIpc) is 2.55. The minimum atomic E-state index is -0.383. The van der Waals surface area contributed by atoms with E-state index in [0.29, 0.717) is 21.5 Å². The number of carbonyl (C=O) groups excluding carboxylic acids is 1. The maximum Gasteiger partial charge on any atom is 0.319 e. The molecule has 0 atom stereocenters. The van der Waals surface area contributed by atoms with E-state index in [9.17, 15) is 4.79 Å². The van der Waals surface area contributed by atoms with Gasteiger partial charge in [0.1, 0.15) is 12.4 Å². The Morgan fingerprint density at radius 2 is 2.09 bits per heavy atom. The Hall–Kier alpha value is -2.42. The van der Waals surface area contributed by atoms with Crippen LogP contribution in [0, 0.1) is 11.8 Å². The smallest absolute Gasteiger partial charge is 0.319 e. The Labute approximate surface area is 144 Å². The quantitative estimate of drug-likeness (QED) is 0.829. The molecule has 5 nitrogen and oxygen atoms in total. The Morgan fingerprint density at radius 1 is 1.22 bits per heavy atom. The molecule has 0 fully saturated rings. The average molecular weight is 350 g/mol. The number of rotatable bonds is 4. The molecule has 0 aliphatic rings. The van der Waals surface area contributed by atoms with E-state index in [1.807, 2.05) is 0 Å². The molecular formula is C16H13Cl2N3O2. The molecule has 2 rings (SSSR count). The molecule has 0 unspecified atom stereocenters. The molecule has 2 N–H and O–H groups in total. The number of nitrogens with zero attached hydrogens (tertiary/aromatic N) is 1. The summed E-state index contributed by atoms with van der Waals surface area (Å²) in [7, 11) is 0. The summed E-state index contributed by atoms with van der Waals surface area (Å²) in [6, 6.07) is 8.01. The van der Waals surface area contributed by atoms with Crippen molar-refractivity contribution in [3.63, 3.8) is 0 Å². The van der Waals surface area contributed by atoms with Crippen molar-refractivity contribution in [1.82, 2.24) is 10.3 Å². The maximum absolute atomic E-state index is 11.7. The third-order valence-corrected chi connectivity index (χ3v) is 3.32. The number of pyridine rings is 1. The molecule has 1 aromatic carbocycles. The Balaban J connectivity index is 1.69. The first-order valence-corrected chi connectivity index (χ1v) is 7.39. The van der Waals surface area contributed by atoms with E-state index in [0.717, 1.165) is 0 Å². The SMILES string of the molecule is O=C(NCC#CCOc1cccnc1)Nc1ccc(Cl)c(Cl)c1. The molecule has 23 heavy (non-hydrogen) atoms. The van der Waals surface area contributed by atoms with Crippen LogP contribution in [-0.2, 0) is 0 Å². The van der Waals surface area contributed by atoms with Gasteiger partial charge in [-0.25, -0.2) is 4.79 Å². The van der Waals surface area contributed by atoms with Crippen LogP contribution in [0.3, 0.4) is 0 Å². The minimum Gasteiger partial charge on any atom is -0.479 e. The highest BCUT2D eigenvalue weighted by atomic mass is 35.5. The van der Waals surface area contributed by atoms with Crippen molar-refractivity contribution in [3.8, 4) is 17.6 Å². The summed E-state index contributed by atoms with van der Waals surface area (Å²) < 4.78 is 5.34. The summed E-state index contributed by atoms with van der Waals surface area (Å²) in [5.74, 6) is 6.21. The predicted molar refractivity (Wildman–Crippen MR) is 91.0 cm³/mol. The highest BCUT2D eigenvalue weighted by molar-refractivity contribution is 6.42. The molecule has 0 saturated carbocycles. The van der Waals surface area contributed by atoms with Gasteiger partial charge in [0.25, 0.3) is 0 Å². The lowest BCUT2D eigenvalue weighted by Crippen LogP contribution is -2.28. The van der Waals surface area contributed by atoms with Crippen molar-refractivity contribution in [1.29, 1.82) is 0 Å². The second-order valence-corrected chi connectivity index (χ2v) is 5.08. The van der Waals surface area contributed by atoms with E-state index in [4.69, 9.17) is 27.9 Å². The molecule has 0 radical (unpaired) electrons. The van der Waals surface area contributed by atoms with Crippen molar-refractivity contribution >= 4 is 34.9 Å². The van der Waals surface area contributed by atoms with Gasteiger partial charge >= 0.3 is 6.03 Å². The summed E-state index contributed by atoms with van der Waals surface area (Å²) in [6.45, 7) is 0.422. The highest BCUT2D eigenvalue weighted by Crippen LogP contribution is 2.24. The van der Waals surface area contributed by atoms with Gasteiger partial charge in [0, 0.05) is 11.9 Å². The molecule has 2 aromatic rings. The lowest BCUT2D eigenvalue weighted by Gasteiger charge is -2.06. The third kappa shape index (κ3) is 6.07. The Morgan fingerprint density at radius 3 is 2.83 bits per heavy atom. The van der Waals surface area contributed by atoms with Gasteiger partial charge in [-0.05, 0) is 30.3 Å². The molecule has 0 aliphatic heterocycles. The maximum atomic E-state index is 11.7. The van der Waals surface area contributed by atoms with Crippen LogP contribution in [0.15, 0.2) is 42.7 Å². The molecule has 0 saturated heterocycles. The van der Waals surface area contributed by atoms with E-state index in [1.54, 1.807) is 42.7 Å². The van der Waals surface area contributed by atoms with Gasteiger partial charge in [-0.15, -0.1) is 0 Å². The zero-order valence-corrected chi connectivity index (χ0v) is 13.5. The van der Waals surface area contributed by atoms with Gasteiger partial charge < -0.3 is 15.4 Å². The first kappa shape index (κ1) is 16.9. The minimum absolute atomic E-state index is 0.198. The van der Waals surface area contributed by atoms with Crippen LogP contribution in [0.2, 0.25) is 10.0 Å². The first-order valence-electron chi connectivity index (χ1n) is 6.63. The normalized spacial score (nSPS) is 9.48. The number of urea groups is 1. The van der Waals surface area contributed by atoms with Crippen LogP contribution < -0.4 is 15.4 Å². The Kier molecular flexibility index (Phi) is 6.55. The monoisotopic (exact) mass is 349 g/mol. The van der Waals surface area contributed by atoms with Gasteiger partial charge in [-0.1, -0.05) is 35.0 Å². The summed E-state index contributed by atoms with van der Waals surface area (Å²) in [4.78, 5) is 15.6. The second-order valence-electron chi connectivity index (χ2n) is 4.27. The van der Waals surface area contributed by atoms with Gasteiger partial charge in [0.15, 0.2) is 0 Å². The Bertz CT molecular complexity index is 727.